The number of anilines is 1. The summed E-state index contributed by atoms with van der Waals surface area (Å²) in [5, 5.41) is 0. The molecule has 2 aromatic rings. The number of hydrogen-bond acceptors (Lipinski definition) is 6. The fourth-order valence-electron chi connectivity index (χ4n) is 4.39. The quantitative estimate of drug-likeness (QED) is 0.724. The Morgan fingerprint density at radius 3 is 2.63 bits per heavy atom. The molecule has 1 atom stereocenters. The highest BCUT2D eigenvalue weighted by atomic mass is 16.2. The summed E-state index contributed by atoms with van der Waals surface area (Å²) in [6, 6.07) is 9.15. The summed E-state index contributed by atoms with van der Waals surface area (Å²) < 4.78 is 0. The normalized spacial score (nSPS) is 20.3. The van der Waals surface area contributed by atoms with Gasteiger partial charge in [0.2, 0.25) is 11.7 Å². The summed E-state index contributed by atoms with van der Waals surface area (Å²) in [7, 11) is 2.04. The number of amides is 1. The number of pyridine rings is 2. The van der Waals surface area contributed by atoms with Gasteiger partial charge in [0.25, 0.3) is 0 Å². The molecule has 2 saturated heterocycles. The molecule has 0 radical (unpaired) electrons. The molecule has 158 valence electrons. The van der Waals surface area contributed by atoms with Gasteiger partial charge < -0.3 is 9.80 Å². The van der Waals surface area contributed by atoms with Crippen LogP contribution in [0.3, 0.4) is 0 Å². The second-order valence-corrected chi connectivity index (χ2v) is 8.15. The van der Waals surface area contributed by atoms with E-state index in [9.17, 15) is 9.59 Å². The largest absolute Gasteiger partial charge is 0.355 e. The molecule has 1 amide bonds. The number of likely N-dealkylation sites (N-methyl/N-ethyl adjacent to an activating group) is 1. The zero-order valence-electron chi connectivity index (χ0n) is 17.8. The van der Waals surface area contributed by atoms with E-state index in [0.29, 0.717) is 23.5 Å². The van der Waals surface area contributed by atoms with Crippen LogP contribution in [0.1, 0.15) is 41.0 Å². The summed E-state index contributed by atoms with van der Waals surface area (Å²) in [6.45, 7) is 5.83. The molecule has 1 unspecified atom stereocenters. The van der Waals surface area contributed by atoms with Gasteiger partial charge in [0.15, 0.2) is 0 Å². The number of carbonyl (C=O) groups is 2. The molecule has 0 aliphatic carbocycles. The maximum Gasteiger partial charge on any atom is 0.239 e. The van der Waals surface area contributed by atoms with Gasteiger partial charge in [-0.05, 0) is 64.0 Å². The Labute approximate surface area is 177 Å². The van der Waals surface area contributed by atoms with Crippen molar-refractivity contribution in [3.8, 4) is 0 Å². The molecule has 0 bridgehead atoms. The minimum Gasteiger partial charge on any atom is -0.355 e. The summed E-state index contributed by atoms with van der Waals surface area (Å²) in [5.41, 5.74) is 1.71. The van der Waals surface area contributed by atoms with Crippen LogP contribution in [-0.2, 0) is 4.79 Å². The number of likely N-dealkylation sites (tertiary alicyclic amines) is 1. The summed E-state index contributed by atoms with van der Waals surface area (Å²) in [4.78, 5) is 41.1. The van der Waals surface area contributed by atoms with E-state index in [1.165, 1.54) is 0 Å². The van der Waals surface area contributed by atoms with E-state index in [-0.39, 0.29) is 17.7 Å². The fraction of sp³-hybridized carbons (Fsp3) is 0.478. The van der Waals surface area contributed by atoms with Gasteiger partial charge in [-0.15, -0.1) is 0 Å². The molecule has 2 aliphatic rings. The standard InChI is InChI=1S/C23H29N5O2/c1-17-18(7-4-11-24-17)22(29)19-8-3-10-21(25-19)27-13-6-14-28(16-15-27)23(30)20-9-5-12-26(20)2/h3-4,7-8,10-11,20H,5-6,9,12-16H2,1-2H3. The van der Waals surface area contributed by atoms with Crippen LogP contribution in [-0.4, -0.2) is 77.3 Å². The van der Waals surface area contributed by atoms with Crippen molar-refractivity contribution in [2.45, 2.75) is 32.2 Å². The SMILES string of the molecule is Cc1ncccc1C(=O)c1cccc(N2CCCN(C(=O)C3CCCN3C)CC2)n1. The van der Waals surface area contributed by atoms with Gasteiger partial charge in [0.1, 0.15) is 11.5 Å². The third-order valence-corrected chi connectivity index (χ3v) is 6.16. The molecule has 0 N–H and O–H groups in total. The van der Waals surface area contributed by atoms with Gasteiger partial charge in [-0.25, -0.2) is 4.98 Å². The lowest BCUT2D eigenvalue weighted by molar-refractivity contribution is -0.135. The molecule has 0 saturated carbocycles. The minimum absolute atomic E-state index is 0.0262. The van der Waals surface area contributed by atoms with E-state index in [4.69, 9.17) is 0 Å². The van der Waals surface area contributed by atoms with Gasteiger partial charge >= 0.3 is 0 Å². The average Bonchev–Trinajstić information content (AvgIpc) is 3.04. The third kappa shape index (κ3) is 4.21. The van der Waals surface area contributed by atoms with E-state index in [1.807, 2.05) is 31.0 Å². The van der Waals surface area contributed by atoms with Crippen molar-refractivity contribution in [2.75, 3.05) is 44.7 Å². The number of rotatable bonds is 4. The first-order valence-corrected chi connectivity index (χ1v) is 10.7. The maximum atomic E-state index is 12.9. The van der Waals surface area contributed by atoms with E-state index in [0.717, 1.165) is 51.3 Å². The third-order valence-electron chi connectivity index (χ3n) is 6.16. The lowest BCUT2D eigenvalue weighted by atomic mass is 10.1. The zero-order chi connectivity index (χ0) is 21.1. The smallest absolute Gasteiger partial charge is 0.239 e. The second-order valence-electron chi connectivity index (χ2n) is 8.15. The van der Waals surface area contributed by atoms with Crippen LogP contribution in [0.25, 0.3) is 0 Å². The Bertz CT molecular complexity index is 931. The highest BCUT2D eigenvalue weighted by molar-refractivity contribution is 6.08. The van der Waals surface area contributed by atoms with Crippen molar-refractivity contribution in [2.24, 2.45) is 0 Å². The Hall–Kier alpha value is -2.80. The molecule has 2 aliphatic heterocycles. The van der Waals surface area contributed by atoms with Gasteiger partial charge in [-0.3, -0.25) is 19.5 Å². The van der Waals surface area contributed by atoms with Crippen LogP contribution in [0.2, 0.25) is 0 Å². The minimum atomic E-state index is -0.113. The first-order chi connectivity index (χ1) is 14.5. The average molecular weight is 408 g/mol. The molecule has 2 aromatic heterocycles. The fourth-order valence-corrected chi connectivity index (χ4v) is 4.39. The Kier molecular flexibility index (Phi) is 6.08. The number of nitrogens with zero attached hydrogens (tertiary/aromatic N) is 5. The number of carbonyl (C=O) groups excluding carboxylic acids is 2. The van der Waals surface area contributed by atoms with Crippen LogP contribution in [0, 0.1) is 6.92 Å². The molecule has 7 heteroatoms. The highest BCUT2D eigenvalue weighted by Gasteiger charge is 2.32. The monoisotopic (exact) mass is 407 g/mol. The van der Waals surface area contributed by atoms with Gasteiger partial charge in [0.05, 0.1) is 6.04 Å². The Morgan fingerprint density at radius 2 is 1.87 bits per heavy atom. The van der Waals surface area contributed by atoms with Crippen molar-refractivity contribution in [3.05, 3.63) is 53.5 Å². The van der Waals surface area contributed by atoms with Crippen LogP contribution >= 0.6 is 0 Å². The maximum absolute atomic E-state index is 12.9. The molecule has 4 heterocycles. The molecule has 7 nitrogen and oxygen atoms in total. The van der Waals surface area contributed by atoms with E-state index >= 15 is 0 Å². The van der Waals surface area contributed by atoms with E-state index < -0.39 is 0 Å². The van der Waals surface area contributed by atoms with Crippen molar-refractivity contribution in [1.82, 2.24) is 19.8 Å². The molecule has 30 heavy (non-hydrogen) atoms. The van der Waals surface area contributed by atoms with Crippen molar-refractivity contribution < 1.29 is 9.59 Å². The molecule has 2 fully saturated rings. The van der Waals surface area contributed by atoms with E-state index in [2.05, 4.69) is 19.8 Å². The van der Waals surface area contributed by atoms with Crippen molar-refractivity contribution in [3.63, 3.8) is 0 Å². The van der Waals surface area contributed by atoms with Gasteiger partial charge in [-0.1, -0.05) is 6.07 Å². The van der Waals surface area contributed by atoms with Crippen molar-refractivity contribution in [1.29, 1.82) is 0 Å². The van der Waals surface area contributed by atoms with E-state index in [1.54, 1.807) is 24.4 Å². The summed E-state index contributed by atoms with van der Waals surface area (Å²) >= 11 is 0. The van der Waals surface area contributed by atoms with Crippen LogP contribution in [0.15, 0.2) is 36.5 Å². The molecular weight excluding hydrogens is 378 g/mol. The molecular formula is C23H29N5O2. The van der Waals surface area contributed by atoms with Crippen LogP contribution in [0.5, 0.6) is 0 Å². The predicted molar refractivity (Wildman–Crippen MR) is 116 cm³/mol. The first-order valence-electron chi connectivity index (χ1n) is 10.7. The number of aromatic nitrogens is 2. The summed E-state index contributed by atoms with van der Waals surface area (Å²) in [5.74, 6) is 0.925. The highest BCUT2D eigenvalue weighted by Crippen LogP contribution is 2.20. The lowest BCUT2D eigenvalue weighted by Crippen LogP contribution is -2.45. The first kappa shape index (κ1) is 20.5. The number of hydrogen-bond donors (Lipinski definition) is 0. The van der Waals surface area contributed by atoms with Gasteiger partial charge in [0, 0.05) is 43.6 Å². The van der Waals surface area contributed by atoms with Crippen LogP contribution in [0.4, 0.5) is 5.82 Å². The predicted octanol–water partition coefficient (Wildman–Crippen LogP) is 2.15. The summed E-state index contributed by atoms with van der Waals surface area (Å²) in [6.07, 6.45) is 4.62. The van der Waals surface area contributed by atoms with Crippen molar-refractivity contribution >= 4 is 17.5 Å². The zero-order valence-corrected chi connectivity index (χ0v) is 17.8. The Morgan fingerprint density at radius 1 is 1.00 bits per heavy atom. The number of aryl methyl sites for hydroxylation is 1. The van der Waals surface area contributed by atoms with Crippen LogP contribution < -0.4 is 4.90 Å². The number of ketones is 1. The molecule has 0 aromatic carbocycles. The molecule has 4 rings (SSSR count). The lowest BCUT2D eigenvalue weighted by Gasteiger charge is -2.27. The Balaban J connectivity index is 1.46. The molecule has 0 spiro atoms. The van der Waals surface area contributed by atoms with Gasteiger partial charge in [-0.2, -0.15) is 0 Å². The second kappa shape index (κ2) is 8.92. The topological polar surface area (TPSA) is 69.6 Å².